The molecule has 21 heavy (non-hydrogen) atoms. The lowest BCUT2D eigenvalue weighted by atomic mass is 10.2. The molecule has 0 saturated carbocycles. The van der Waals surface area contributed by atoms with Crippen LogP contribution in [0.1, 0.15) is 20.3 Å². The summed E-state index contributed by atoms with van der Waals surface area (Å²) in [7, 11) is 0. The van der Waals surface area contributed by atoms with E-state index < -0.39 is 5.97 Å². The molecule has 0 fully saturated rings. The average Bonchev–Trinajstić information content (AvgIpc) is 2.83. The predicted molar refractivity (Wildman–Crippen MR) is 79.4 cm³/mol. The van der Waals surface area contributed by atoms with Crippen LogP contribution in [0.2, 0.25) is 0 Å². The van der Waals surface area contributed by atoms with Gasteiger partial charge in [-0.2, -0.15) is 0 Å². The number of aromatic nitrogens is 1. The summed E-state index contributed by atoms with van der Waals surface area (Å²) in [6.07, 6.45) is 1.63. The van der Waals surface area contributed by atoms with Crippen LogP contribution in [0, 0.1) is 0 Å². The number of esters is 1. The van der Waals surface area contributed by atoms with Crippen molar-refractivity contribution in [1.29, 1.82) is 0 Å². The van der Waals surface area contributed by atoms with E-state index in [-0.39, 0.29) is 25.4 Å². The number of hydrogen-bond donors (Lipinski definition) is 0. The molecule has 5 heteroatoms. The molecule has 1 aromatic carbocycles. The largest absolute Gasteiger partial charge is 0.493 e. The summed E-state index contributed by atoms with van der Waals surface area (Å²) in [4.78, 5) is 23.2. The Bertz CT molecular complexity index is 645. The third kappa shape index (κ3) is 3.62. The standard InChI is InChI=1S/C16H19NO4/c1-3-20-15-7-5-6-14-13(15)8-9-17(14)11-12(18)10-16(19)21-4-2/h5-9H,3-4,10-11H2,1-2H3. The van der Waals surface area contributed by atoms with Gasteiger partial charge in [0.1, 0.15) is 12.2 Å². The predicted octanol–water partition coefficient (Wildman–Crippen LogP) is 2.56. The van der Waals surface area contributed by atoms with Gasteiger partial charge in [-0.25, -0.2) is 0 Å². The Labute approximate surface area is 123 Å². The molecular weight excluding hydrogens is 270 g/mol. The van der Waals surface area contributed by atoms with Gasteiger partial charge in [-0.05, 0) is 32.0 Å². The Morgan fingerprint density at radius 2 is 1.95 bits per heavy atom. The van der Waals surface area contributed by atoms with Crippen LogP contribution in [0.5, 0.6) is 5.75 Å². The van der Waals surface area contributed by atoms with Gasteiger partial charge in [0.25, 0.3) is 0 Å². The molecule has 0 aliphatic heterocycles. The first kappa shape index (κ1) is 15.1. The summed E-state index contributed by atoms with van der Waals surface area (Å²) in [5, 5.41) is 0.961. The third-order valence-corrected chi connectivity index (χ3v) is 3.07. The Balaban J connectivity index is 2.14. The fourth-order valence-electron chi connectivity index (χ4n) is 2.23. The molecule has 0 spiro atoms. The highest BCUT2D eigenvalue weighted by Gasteiger charge is 2.13. The minimum atomic E-state index is -0.478. The van der Waals surface area contributed by atoms with Crippen LogP contribution in [-0.4, -0.2) is 29.5 Å². The maximum absolute atomic E-state index is 11.9. The quantitative estimate of drug-likeness (QED) is 0.580. The van der Waals surface area contributed by atoms with E-state index >= 15 is 0 Å². The summed E-state index contributed by atoms with van der Waals surface area (Å²) >= 11 is 0. The van der Waals surface area contributed by atoms with Gasteiger partial charge in [-0.15, -0.1) is 0 Å². The highest BCUT2D eigenvalue weighted by atomic mass is 16.5. The van der Waals surface area contributed by atoms with Crippen molar-refractivity contribution in [2.24, 2.45) is 0 Å². The van der Waals surface area contributed by atoms with E-state index in [1.165, 1.54) is 0 Å². The molecule has 0 aliphatic rings. The lowest BCUT2D eigenvalue weighted by Crippen LogP contribution is -2.15. The smallest absolute Gasteiger partial charge is 0.313 e. The summed E-state index contributed by atoms with van der Waals surface area (Å²) in [5.74, 6) is 0.147. The second-order valence-electron chi connectivity index (χ2n) is 4.59. The first-order valence-electron chi connectivity index (χ1n) is 7.03. The van der Waals surface area contributed by atoms with Crippen LogP contribution in [0.15, 0.2) is 30.5 Å². The highest BCUT2D eigenvalue weighted by molar-refractivity contribution is 5.96. The number of carbonyl (C=O) groups is 2. The molecule has 2 aromatic rings. The van der Waals surface area contributed by atoms with Gasteiger partial charge in [0.2, 0.25) is 0 Å². The van der Waals surface area contributed by atoms with Crippen molar-refractivity contribution in [2.45, 2.75) is 26.8 Å². The summed E-state index contributed by atoms with van der Waals surface area (Å²) in [5.41, 5.74) is 0.915. The van der Waals surface area contributed by atoms with Crippen LogP contribution in [0.25, 0.3) is 10.9 Å². The zero-order valence-electron chi connectivity index (χ0n) is 12.3. The molecule has 0 amide bonds. The second-order valence-corrected chi connectivity index (χ2v) is 4.59. The molecule has 0 N–H and O–H groups in total. The van der Waals surface area contributed by atoms with Gasteiger partial charge in [0, 0.05) is 11.6 Å². The lowest BCUT2D eigenvalue weighted by molar-refractivity contribution is -0.145. The van der Waals surface area contributed by atoms with Crippen LogP contribution >= 0.6 is 0 Å². The van der Waals surface area contributed by atoms with E-state index in [0.717, 1.165) is 16.7 Å². The molecular formula is C16H19NO4. The Morgan fingerprint density at radius 3 is 2.67 bits per heavy atom. The average molecular weight is 289 g/mol. The number of ketones is 1. The summed E-state index contributed by atoms with van der Waals surface area (Å²) < 4.78 is 12.2. The molecule has 2 rings (SSSR count). The third-order valence-electron chi connectivity index (χ3n) is 3.07. The highest BCUT2D eigenvalue weighted by Crippen LogP contribution is 2.26. The number of rotatable bonds is 7. The van der Waals surface area contributed by atoms with Crippen LogP contribution in [0.4, 0.5) is 0 Å². The Hall–Kier alpha value is -2.30. The molecule has 112 valence electrons. The van der Waals surface area contributed by atoms with E-state index in [4.69, 9.17) is 9.47 Å². The van der Waals surface area contributed by atoms with E-state index in [1.54, 1.807) is 6.92 Å². The van der Waals surface area contributed by atoms with Crippen molar-refractivity contribution in [1.82, 2.24) is 4.57 Å². The molecule has 0 bridgehead atoms. The lowest BCUT2D eigenvalue weighted by Gasteiger charge is -2.07. The van der Waals surface area contributed by atoms with E-state index in [1.807, 2.05) is 42.0 Å². The van der Waals surface area contributed by atoms with Crippen molar-refractivity contribution in [3.8, 4) is 5.75 Å². The molecule has 0 aliphatic carbocycles. The molecule has 1 aromatic heterocycles. The van der Waals surface area contributed by atoms with E-state index in [2.05, 4.69) is 0 Å². The first-order chi connectivity index (χ1) is 10.2. The van der Waals surface area contributed by atoms with Gasteiger partial charge in [0.05, 0.1) is 25.3 Å². The number of carbonyl (C=O) groups excluding carboxylic acids is 2. The van der Waals surface area contributed by atoms with Gasteiger partial charge in [0.15, 0.2) is 5.78 Å². The number of benzene rings is 1. The van der Waals surface area contributed by atoms with Crippen molar-refractivity contribution in [3.05, 3.63) is 30.5 Å². The minimum absolute atomic E-state index is 0.151. The second kappa shape index (κ2) is 6.92. The van der Waals surface area contributed by atoms with Gasteiger partial charge in [-0.3, -0.25) is 9.59 Å². The molecule has 5 nitrogen and oxygen atoms in total. The van der Waals surface area contributed by atoms with Gasteiger partial charge < -0.3 is 14.0 Å². The van der Waals surface area contributed by atoms with Crippen molar-refractivity contribution >= 4 is 22.7 Å². The van der Waals surface area contributed by atoms with Crippen LogP contribution < -0.4 is 4.74 Å². The summed E-state index contributed by atoms with van der Waals surface area (Å²) in [6, 6.07) is 7.63. The fourth-order valence-corrected chi connectivity index (χ4v) is 2.23. The number of nitrogens with zero attached hydrogens (tertiary/aromatic N) is 1. The van der Waals surface area contributed by atoms with Gasteiger partial charge >= 0.3 is 5.97 Å². The zero-order valence-corrected chi connectivity index (χ0v) is 12.3. The fraction of sp³-hybridized carbons (Fsp3) is 0.375. The van der Waals surface area contributed by atoms with E-state index in [0.29, 0.717) is 6.61 Å². The maximum atomic E-state index is 11.9. The topological polar surface area (TPSA) is 57.5 Å². The Morgan fingerprint density at radius 1 is 1.14 bits per heavy atom. The maximum Gasteiger partial charge on any atom is 0.313 e. The number of hydrogen-bond acceptors (Lipinski definition) is 4. The first-order valence-corrected chi connectivity index (χ1v) is 7.03. The molecule has 0 saturated heterocycles. The normalized spacial score (nSPS) is 10.6. The molecule has 0 radical (unpaired) electrons. The zero-order chi connectivity index (χ0) is 15.2. The number of fused-ring (bicyclic) bond motifs is 1. The Kier molecular flexibility index (Phi) is 4.98. The SMILES string of the molecule is CCOC(=O)CC(=O)Cn1ccc2c(OCC)cccc21. The molecule has 0 atom stereocenters. The molecule has 1 heterocycles. The number of Topliss-reactive ketones (excluding diaryl/α,β-unsaturated/α-hetero) is 1. The summed E-state index contributed by atoms with van der Waals surface area (Å²) in [6.45, 7) is 4.68. The van der Waals surface area contributed by atoms with Crippen LogP contribution in [0.3, 0.4) is 0 Å². The number of ether oxygens (including phenoxy) is 2. The minimum Gasteiger partial charge on any atom is -0.493 e. The monoisotopic (exact) mass is 289 g/mol. The van der Waals surface area contributed by atoms with Crippen molar-refractivity contribution in [2.75, 3.05) is 13.2 Å². The van der Waals surface area contributed by atoms with E-state index in [9.17, 15) is 9.59 Å². The van der Waals surface area contributed by atoms with Crippen molar-refractivity contribution < 1.29 is 19.1 Å². The molecule has 0 unspecified atom stereocenters. The van der Waals surface area contributed by atoms with Crippen LogP contribution in [-0.2, 0) is 20.9 Å². The van der Waals surface area contributed by atoms with Crippen molar-refractivity contribution in [3.63, 3.8) is 0 Å². The van der Waals surface area contributed by atoms with Gasteiger partial charge in [-0.1, -0.05) is 6.07 Å².